The van der Waals surface area contributed by atoms with Crippen molar-refractivity contribution in [2.24, 2.45) is 0 Å². The molecule has 9 nitrogen and oxygen atoms in total. The fourth-order valence-electron chi connectivity index (χ4n) is 2.22. The molecule has 2 N–H and O–H groups in total. The lowest BCUT2D eigenvalue weighted by Gasteiger charge is -2.08. The molecule has 0 aliphatic carbocycles. The van der Waals surface area contributed by atoms with Crippen LogP contribution in [0.1, 0.15) is 11.3 Å². The van der Waals surface area contributed by atoms with Gasteiger partial charge in [-0.1, -0.05) is 12.1 Å². The van der Waals surface area contributed by atoms with E-state index in [-0.39, 0.29) is 11.4 Å². The number of non-ortho nitro benzene ring substituents is 1. The molecule has 0 bridgehead atoms. The van der Waals surface area contributed by atoms with Crippen LogP contribution in [0, 0.1) is 10.1 Å². The molecule has 3 rings (SSSR count). The van der Waals surface area contributed by atoms with Gasteiger partial charge in [-0.3, -0.25) is 25.0 Å². The van der Waals surface area contributed by atoms with Crippen molar-refractivity contribution in [2.45, 2.75) is 0 Å². The van der Waals surface area contributed by atoms with Gasteiger partial charge in [-0.15, -0.1) is 11.3 Å². The molecule has 0 fully saturated rings. The van der Waals surface area contributed by atoms with Gasteiger partial charge in [-0.2, -0.15) is 0 Å². The van der Waals surface area contributed by atoms with Crippen LogP contribution in [0.5, 0.6) is 0 Å². The third-order valence-corrected chi connectivity index (χ3v) is 4.18. The second kappa shape index (κ2) is 9.24. The molecule has 2 amide bonds. The first-order chi connectivity index (χ1) is 14.0. The number of benzene rings is 1. The topological polar surface area (TPSA) is 127 Å². The van der Waals surface area contributed by atoms with Crippen LogP contribution < -0.4 is 10.6 Å². The fraction of sp³-hybridized carbons (Fsp3) is 0. The molecule has 0 spiro atoms. The largest absolute Gasteiger partial charge is 0.465 e. The number of nitro benzene ring substituents is 1. The zero-order valence-corrected chi connectivity index (χ0v) is 15.6. The monoisotopic (exact) mass is 410 g/mol. The van der Waals surface area contributed by atoms with Crippen LogP contribution in [-0.2, 0) is 9.59 Å². The lowest BCUT2D eigenvalue weighted by atomic mass is 10.1. The van der Waals surface area contributed by atoms with Crippen LogP contribution in [0.3, 0.4) is 0 Å². The molecule has 0 saturated carbocycles. The highest BCUT2D eigenvalue weighted by Crippen LogP contribution is 2.17. The first-order valence-electron chi connectivity index (χ1n) is 8.21. The third kappa shape index (κ3) is 5.71. The molecule has 0 saturated heterocycles. The van der Waals surface area contributed by atoms with Crippen LogP contribution in [0.2, 0.25) is 0 Å². The average Bonchev–Trinajstić information content (AvgIpc) is 3.40. The zero-order chi connectivity index (χ0) is 20.6. The summed E-state index contributed by atoms with van der Waals surface area (Å²) in [5.41, 5.74) is 0.135. The standard InChI is InChI=1S/C19H14N4O5S/c24-17(7-6-15-5-2-9-28-15)21-16(18(25)22-19-20-8-10-29-19)12-13-3-1-4-14(11-13)23(26)27/h1-12H,(H,21,24)(H,20,22,25)/b7-6+,16-12-. The maximum absolute atomic E-state index is 12.6. The van der Waals surface area contributed by atoms with Gasteiger partial charge in [0.1, 0.15) is 11.5 Å². The van der Waals surface area contributed by atoms with Crippen LogP contribution in [-0.4, -0.2) is 21.7 Å². The van der Waals surface area contributed by atoms with E-state index in [4.69, 9.17) is 4.42 Å². The van der Waals surface area contributed by atoms with Gasteiger partial charge in [0.2, 0.25) is 5.91 Å². The van der Waals surface area contributed by atoms with E-state index in [0.29, 0.717) is 16.5 Å². The zero-order valence-electron chi connectivity index (χ0n) is 14.8. The van der Waals surface area contributed by atoms with Gasteiger partial charge in [-0.25, -0.2) is 4.98 Å². The Balaban J connectivity index is 1.84. The van der Waals surface area contributed by atoms with Gasteiger partial charge in [-0.05, 0) is 29.8 Å². The van der Waals surface area contributed by atoms with E-state index in [1.807, 2.05) is 0 Å². The maximum atomic E-state index is 12.6. The minimum atomic E-state index is -0.619. The molecule has 0 radical (unpaired) electrons. The lowest BCUT2D eigenvalue weighted by Crippen LogP contribution is -2.29. The molecule has 0 aliphatic rings. The highest BCUT2D eigenvalue weighted by atomic mass is 32.1. The number of amides is 2. The van der Waals surface area contributed by atoms with Crippen LogP contribution >= 0.6 is 11.3 Å². The minimum absolute atomic E-state index is 0.102. The van der Waals surface area contributed by atoms with Crippen molar-refractivity contribution in [1.29, 1.82) is 0 Å². The Labute approximate surface area is 168 Å². The quantitative estimate of drug-likeness (QED) is 0.349. The Kier molecular flexibility index (Phi) is 6.28. The Morgan fingerprint density at radius 3 is 2.79 bits per heavy atom. The summed E-state index contributed by atoms with van der Waals surface area (Å²) in [5, 5.41) is 18.0. The molecule has 0 aliphatic heterocycles. The summed E-state index contributed by atoms with van der Waals surface area (Å²) in [6.07, 6.45) is 6.98. The number of nitrogens with zero attached hydrogens (tertiary/aromatic N) is 2. The van der Waals surface area contributed by atoms with Crippen molar-refractivity contribution < 1.29 is 18.9 Å². The number of furan rings is 1. The minimum Gasteiger partial charge on any atom is -0.465 e. The van der Waals surface area contributed by atoms with E-state index >= 15 is 0 Å². The second-order valence-electron chi connectivity index (χ2n) is 5.54. The number of aromatic nitrogens is 1. The van der Waals surface area contributed by atoms with Gasteiger partial charge in [0.05, 0.1) is 11.2 Å². The van der Waals surface area contributed by atoms with Crippen LogP contribution in [0.15, 0.2) is 70.4 Å². The number of nitro groups is 1. The Morgan fingerprint density at radius 1 is 1.24 bits per heavy atom. The molecule has 10 heteroatoms. The van der Waals surface area contributed by atoms with E-state index in [0.717, 1.165) is 0 Å². The molecule has 146 valence electrons. The molecular weight excluding hydrogens is 396 g/mol. The van der Waals surface area contributed by atoms with Gasteiger partial charge in [0, 0.05) is 29.8 Å². The predicted octanol–water partition coefficient (Wildman–Crippen LogP) is 3.45. The Morgan fingerprint density at radius 2 is 2.10 bits per heavy atom. The first-order valence-corrected chi connectivity index (χ1v) is 9.09. The molecule has 1 aromatic carbocycles. The molecule has 29 heavy (non-hydrogen) atoms. The number of rotatable bonds is 7. The van der Waals surface area contributed by atoms with Crippen molar-refractivity contribution >= 4 is 46.1 Å². The first kappa shape index (κ1) is 19.7. The van der Waals surface area contributed by atoms with Crippen molar-refractivity contribution in [3.8, 4) is 0 Å². The smallest absolute Gasteiger partial charge is 0.273 e. The van der Waals surface area contributed by atoms with E-state index in [1.54, 1.807) is 23.6 Å². The number of carbonyl (C=O) groups is 2. The summed E-state index contributed by atoms with van der Waals surface area (Å²) in [7, 11) is 0. The number of thiazole rings is 1. The van der Waals surface area contributed by atoms with E-state index in [2.05, 4.69) is 15.6 Å². The average molecular weight is 410 g/mol. The van der Waals surface area contributed by atoms with Crippen molar-refractivity contribution in [3.63, 3.8) is 0 Å². The molecule has 3 aromatic rings. The molecule has 0 unspecified atom stereocenters. The summed E-state index contributed by atoms with van der Waals surface area (Å²) in [4.78, 5) is 39.2. The summed E-state index contributed by atoms with van der Waals surface area (Å²) in [6.45, 7) is 0. The fourth-order valence-corrected chi connectivity index (χ4v) is 2.75. The highest BCUT2D eigenvalue weighted by molar-refractivity contribution is 7.13. The Hall–Kier alpha value is -4.05. The van der Waals surface area contributed by atoms with Crippen LogP contribution in [0.25, 0.3) is 12.2 Å². The molecule has 2 heterocycles. The molecule has 2 aromatic heterocycles. The number of carbonyl (C=O) groups excluding carboxylic acids is 2. The molecule has 0 atom stereocenters. The summed E-state index contributed by atoms with van der Waals surface area (Å²) < 4.78 is 5.11. The normalized spacial score (nSPS) is 11.4. The second-order valence-corrected chi connectivity index (χ2v) is 6.43. The van der Waals surface area contributed by atoms with Gasteiger partial charge >= 0.3 is 0 Å². The van der Waals surface area contributed by atoms with Crippen LogP contribution in [0.4, 0.5) is 10.8 Å². The number of hydrogen-bond donors (Lipinski definition) is 2. The van der Waals surface area contributed by atoms with E-state index < -0.39 is 16.7 Å². The van der Waals surface area contributed by atoms with Gasteiger partial charge in [0.25, 0.3) is 11.6 Å². The summed E-state index contributed by atoms with van der Waals surface area (Å²) >= 11 is 1.21. The Bertz CT molecular complexity index is 1070. The number of hydrogen-bond acceptors (Lipinski definition) is 7. The van der Waals surface area contributed by atoms with E-state index in [9.17, 15) is 19.7 Å². The predicted molar refractivity (Wildman–Crippen MR) is 108 cm³/mol. The summed E-state index contributed by atoms with van der Waals surface area (Å²) in [6, 6.07) is 9.03. The van der Waals surface area contributed by atoms with Crippen molar-refractivity contribution in [1.82, 2.24) is 10.3 Å². The van der Waals surface area contributed by atoms with Gasteiger partial charge < -0.3 is 9.73 Å². The number of anilines is 1. The van der Waals surface area contributed by atoms with Crippen molar-refractivity contribution in [2.75, 3.05) is 5.32 Å². The SMILES string of the molecule is O=C(/C=C/c1ccco1)N/C(=C\c1cccc([N+](=O)[O-])c1)C(=O)Nc1nccs1. The summed E-state index contributed by atoms with van der Waals surface area (Å²) in [5.74, 6) is -0.727. The molecular formula is C19H14N4O5S. The van der Waals surface area contributed by atoms with Gasteiger partial charge in [0.15, 0.2) is 5.13 Å². The van der Waals surface area contributed by atoms with Crippen molar-refractivity contribution in [3.05, 3.63) is 87.4 Å². The third-order valence-electron chi connectivity index (χ3n) is 3.49. The highest BCUT2D eigenvalue weighted by Gasteiger charge is 2.14. The van der Waals surface area contributed by atoms with E-state index in [1.165, 1.54) is 60.2 Å². The lowest BCUT2D eigenvalue weighted by molar-refractivity contribution is -0.384. The maximum Gasteiger partial charge on any atom is 0.273 e. The number of nitrogens with one attached hydrogen (secondary N) is 2.